The Morgan fingerprint density at radius 3 is 2.56 bits per heavy atom. The van der Waals surface area contributed by atoms with Crippen LogP contribution >= 0.6 is 11.3 Å². The molecule has 3 aromatic carbocycles. The summed E-state index contributed by atoms with van der Waals surface area (Å²) in [7, 11) is 1.50. The smallest absolute Gasteiger partial charge is 0.347 e. The highest BCUT2D eigenvalue weighted by Crippen LogP contribution is 2.25. The number of nitrogens with one attached hydrogen (secondary N) is 1. The number of hydrogen-bond acceptors (Lipinski definition) is 7. The Labute approximate surface area is 188 Å². The Balaban J connectivity index is 1.35. The molecule has 0 amide bonds. The van der Waals surface area contributed by atoms with Gasteiger partial charge in [0.2, 0.25) is 5.13 Å². The van der Waals surface area contributed by atoms with Crippen LogP contribution in [0.25, 0.3) is 11.3 Å². The third-order valence-electron chi connectivity index (χ3n) is 4.44. The normalized spacial score (nSPS) is 10.8. The number of methoxy groups -OCH3 is 1. The van der Waals surface area contributed by atoms with Gasteiger partial charge in [0, 0.05) is 10.9 Å². The predicted molar refractivity (Wildman–Crippen MR) is 123 cm³/mol. The molecule has 0 aliphatic heterocycles. The van der Waals surface area contributed by atoms with Crippen molar-refractivity contribution >= 4 is 28.7 Å². The number of para-hydroxylation sites is 1. The summed E-state index contributed by atoms with van der Waals surface area (Å²) >= 11 is 1.40. The lowest BCUT2D eigenvalue weighted by molar-refractivity contribution is 0.0731. The number of rotatable bonds is 7. The molecule has 6 nitrogen and oxygen atoms in total. The molecule has 0 radical (unpaired) electrons. The largest absolute Gasteiger partial charge is 0.496 e. The van der Waals surface area contributed by atoms with Crippen molar-refractivity contribution in [3.8, 4) is 22.8 Å². The van der Waals surface area contributed by atoms with Gasteiger partial charge in [0.25, 0.3) is 0 Å². The minimum Gasteiger partial charge on any atom is -0.496 e. The number of esters is 1. The lowest BCUT2D eigenvalue weighted by atomic mass is 10.2. The molecule has 160 valence electrons. The zero-order valence-corrected chi connectivity index (χ0v) is 17.8. The Kier molecular flexibility index (Phi) is 6.52. The fourth-order valence-corrected chi connectivity index (χ4v) is 3.51. The van der Waals surface area contributed by atoms with Gasteiger partial charge in [-0.3, -0.25) is 5.43 Å². The van der Waals surface area contributed by atoms with E-state index in [9.17, 15) is 9.18 Å². The molecule has 0 aliphatic carbocycles. The van der Waals surface area contributed by atoms with Crippen molar-refractivity contribution < 1.29 is 18.7 Å². The number of benzene rings is 3. The standard InChI is InChI=1S/C24H18FN3O3S/c1-30-22-5-3-2-4-20(22)23(29)31-19-12-6-16(7-13-19)14-26-28-24-27-21(15-32-24)17-8-10-18(25)11-9-17/h2-15H,1H3,(H,27,28). The number of thiazole rings is 1. The van der Waals surface area contributed by atoms with E-state index in [0.29, 0.717) is 22.2 Å². The van der Waals surface area contributed by atoms with Gasteiger partial charge in [-0.15, -0.1) is 11.3 Å². The molecule has 0 bridgehead atoms. The Hall–Kier alpha value is -4.04. The minimum atomic E-state index is -0.494. The number of halogens is 1. The Bertz CT molecular complexity index is 1240. The molecule has 0 aliphatic rings. The van der Waals surface area contributed by atoms with Crippen LogP contribution in [-0.2, 0) is 0 Å². The van der Waals surface area contributed by atoms with Gasteiger partial charge in [0.1, 0.15) is 22.9 Å². The van der Waals surface area contributed by atoms with Crippen molar-refractivity contribution in [2.24, 2.45) is 5.10 Å². The molecule has 32 heavy (non-hydrogen) atoms. The van der Waals surface area contributed by atoms with Crippen LogP contribution in [0.3, 0.4) is 0 Å². The summed E-state index contributed by atoms with van der Waals surface area (Å²) in [6.07, 6.45) is 1.63. The van der Waals surface area contributed by atoms with Gasteiger partial charge in [-0.25, -0.2) is 14.2 Å². The van der Waals surface area contributed by atoms with Crippen molar-refractivity contribution in [1.29, 1.82) is 0 Å². The molecule has 8 heteroatoms. The predicted octanol–water partition coefficient (Wildman–Crippen LogP) is 5.62. The fraction of sp³-hybridized carbons (Fsp3) is 0.0417. The molecule has 0 atom stereocenters. The average Bonchev–Trinajstić information content (AvgIpc) is 3.29. The van der Waals surface area contributed by atoms with E-state index in [-0.39, 0.29) is 5.82 Å². The van der Waals surface area contributed by atoms with Gasteiger partial charge < -0.3 is 9.47 Å². The molecule has 1 heterocycles. The van der Waals surface area contributed by atoms with Crippen LogP contribution in [0.1, 0.15) is 15.9 Å². The second-order valence-corrected chi connectivity index (χ2v) is 7.43. The molecule has 0 spiro atoms. The summed E-state index contributed by atoms with van der Waals surface area (Å²) in [6, 6.07) is 20.0. The Morgan fingerprint density at radius 1 is 1.06 bits per heavy atom. The van der Waals surface area contributed by atoms with E-state index in [1.54, 1.807) is 66.9 Å². The quantitative estimate of drug-likeness (QED) is 0.172. The second kappa shape index (κ2) is 9.84. The summed E-state index contributed by atoms with van der Waals surface area (Å²) in [6.45, 7) is 0. The molecule has 0 fully saturated rings. The SMILES string of the molecule is COc1ccccc1C(=O)Oc1ccc(C=NNc2nc(-c3ccc(F)cc3)cs2)cc1. The molecule has 0 saturated heterocycles. The van der Waals surface area contributed by atoms with Gasteiger partial charge >= 0.3 is 5.97 Å². The van der Waals surface area contributed by atoms with Crippen LogP contribution in [0.4, 0.5) is 9.52 Å². The van der Waals surface area contributed by atoms with E-state index in [0.717, 1.165) is 16.8 Å². The summed E-state index contributed by atoms with van der Waals surface area (Å²) in [5.74, 6) is 0.0887. The number of nitrogens with zero attached hydrogens (tertiary/aromatic N) is 2. The van der Waals surface area contributed by atoms with Crippen molar-refractivity contribution in [3.05, 3.63) is 95.1 Å². The number of hydrogen-bond donors (Lipinski definition) is 1. The summed E-state index contributed by atoms with van der Waals surface area (Å²) in [5.41, 5.74) is 5.62. The zero-order valence-electron chi connectivity index (χ0n) is 17.0. The number of carbonyl (C=O) groups excluding carboxylic acids is 1. The number of hydrazone groups is 1. The van der Waals surface area contributed by atoms with E-state index >= 15 is 0 Å². The van der Waals surface area contributed by atoms with E-state index in [4.69, 9.17) is 9.47 Å². The van der Waals surface area contributed by atoms with Crippen LogP contribution in [0.5, 0.6) is 11.5 Å². The third kappa shape index (κ3) is 5.16. The minimum absolute atomic E-state index is 0.285. The fourth-order valence-electron chi connectivity index (χ4n) is 2.84. The second-order valence-electron chi connectivity index (χ2n) is 6.57. The lowest BCUT2D eigenvalue weighted by Crippen LogP contribution is -2.10. The number of aromatic nitrogens is 1. The zero-order chi connectivity index (χ0) is 22.3. The molecule has 1 aromatic heterocycles. The van der Waals surface area contributed by atoms with Gasteiger partial charge in [0.05, 0.1) is 19.0 Å². The van der Waals surface area contributed by atoms with Crippen LogP contribution in [0.15, 0.2) is 83.3 Å². The van der Waals surface area contributed by atoms with Crippen LogP contribution in [0, 0.1) is 5.82 Å². The summed E-state index contributed by atoms with van der Waals surface area (Å²) in [5, 5.41) is 6.67. The number of carbonyl (C=O) groups is 1. The molecule has 4 aromatic rings. The summed E-state index contributed by atoms with van der Waals surface area (Å²) in [4.78, 5) is 16.8. The third-order valence-corrected chi connectivity index (χ3v) is 5.18. The van der Waals surface area contributed by atoms with Gasteiger partial charge in [0.15, 0.2) is 0 Å². The van der Waals surface area contributed by atoms with Crippen LogP contribution in [0.2, 0.25) is 0 Å². The molecule has 4 rings (SSSR count). The highest BCUT2D eigenvalue weighted by Gasteiger charge is 2.13. The average molecular weight is 447 g/mol. The number of anilines is 1. The number of ether oxygens (including phenoxy) is 2. The first-order valence-electron chi connectivity index (χ1n) is 9.58. The van der Waals surface area contributed by atoms with E-state index in [2.05, 4.69) is 15.5 Å². The topological polar surface area (TPSA) is 72.8 Å². The van der Waals surface area contributed by atoms with Crippen molar-refractivity contribution in [2.75, 3.05) is 12.5 Å². The maximum absolute atomic E-state index is 13.1. The van der Waals surface area contributed by atoms with E-state index in [1.807, 2.05) is 5.38 Å². The molecular formula is C24H18FN3O3S. The van der Waals surface area contributed by atoms with Crippen molar-refractivity contribution in [1.82, 2.24) is 4.98 Å². The van der Waals surface area contributed by atoms with Gasteiger partial charge in [-0.2, -0.15) is 5.10 Å². The van der Waals surface area contributed by atoms with Gasteiger partial charge in [-0.05, 0) is 66.2 Å². The molecular weight excluding hydrogens is 429 g/mol. The monoisotopic (exact) mass is 447 g/mol. The van der Waals surface area contributed by atoms with Gasteiger partial charge in [-0.1, -0.05) is 12.1 Å². The molecule has 0 saturated carbocycles. The molecule has 1 N–H and O–H groups in total. The van der Waals surface area contributed by atoms with E-state index < -0.39 is 5.97 Å². The van der Waals surface area contributed by atoms with E-state index in [1.165, 1.54) is 30.6 Å². The van der Waals surface area contributed by atoms with Crippen molar-refractivity contribution in [3.63, 3.8) is 0 Å². The first-order valence-corrected chi connectivity index (χ1v) is 10.5. The first kappa shape index (κ1) is 21.2. The highest BCUT2D eigenvalue weighted by atomic mass is 32.1. The summed E-state index contributed by atoms with van der Waals surface area (Å²) < 4.78 is 23.7. The maximum atomic E-state index is 13.1. The Morgan fingerprint density at radius 2 is 1.81 bits per heavy atom. The van der Waals surface area contributed by atoms with Crippen molar-refractivity contribution in [2.45, 2.75) is 0 Å². The van der Waals surface area contributed by atoms with Crippen LogP contribution < -0.4 is 14.9 Å². The maximum Gasteiger partial charge on any atom is 0.347 e. The lowest BCUT2D eigenvalue weighted by Gasteiger charge is -2.08. The highest BCUT2D eigenvalue weighted by molar-refractivity contribution is 7.14. The van der Waals surface area contributed by atoms with Crippen LogP contribution in [-0.4, -0.2) is 24.3 Å². The molecule has 0 unspecified atom stereocenters. The first-order chi connectivity index (χ1) is 15.6.